The second-order valence-corrected chi connectivity index (χ2v) is 7.09. The Hall–Kier alpha value is -0.840. The predicted octanol–water partition coefficient (Wildman–Crippen LogP) is 5.00. The van der Waals surface area contributed by atoms with Crippen LogP contribution in [0.25, 0.3) is 11.1 Å². The van der Waals surface area contributed by atoms with E-state index in [4.69, 9.17) is 11.2 Å². The molecule has 0 spiro atoms. The first-order valence-corrected chi connectivity index (χ1v) is 8.03. The van der Waals surface area contributed by atoms with Gasteiger partial charge in [0.05, 0.1) is 0 Å². The van der Waals surface area contributed by atoms with Crippen LogP contribution in [0, 0.1) is 0 Å². The number of hydrogen-bond acceptors (Lipinski definition) is 0. The molecular formula is C14H12ClP. The van der Waals surface area contributed by atoms with Gasteiger partial charge in [0.15, 0.2) is 0 Å². The van der Waals surface area contributed by atoms with E-state index in [2.05, 4.69) is 48.5 Å². The average Bonchev–Trinajstić information content (AvgIpc) is 2.44. The van der Waals surface area contributed by atoms with Crippen LogP contribution in [0.4, 0.5) is 0 Å². The van der Waals surface area contributed by atoms with Gasteiger partial charge in [-0.3, -0.25) is 0 Å². The number of benzene rings is 2. The molecule has 0 aromatic heterocycles. The monoisotopic (exact) mass is 246 g/mol. The summed E-state index contributed by atoms with van der Waals surface area (Å²) in [4.78, 5) is 0. The molecule has 0 bridgehead atoms. The molecule has 2 aromatic rings. The molecule has 1 heterocycles. The van der Waals surface area contributed by atoms with Gasteiger partial charge >= 0.3 is 0 Å². The summed E-state index contributed by atoms with van der Waals surface area (Å²) < 4.78 is 0. The van der Waals surface area contributed by atoms with E-state index in [1.807, 2.05) is 0 Å². The lowest BCUT2D eigenvalue weighted by Crippen LogP contribution is -1.86. The minimum Gasteiger partial charge on any atom is -0.0957 e. The van der Waals surface area contributed by atoms with Crippen molar-refractivity contribution >= 4 is 18.5 Å². The zero-order valence-electron chi connectivity index (χ0n) is 8.86. The molecule has 0 unspecified atom stereocenters. The molecule has 0 aliphatic carbocycles. The quantitative estimate of drug-likeness (QED) is 0.574. The Bertz CT molecular complexity index is 474. The van der Waals surface area contributed by atoms with Crippen molar-refractivity contribution in [3.8, 4) is 11.1 Å². The van der Waals surface area contributed by atoms with E-state index in [9.17, 15) is 0 Å². The fraction of sp³-hybridized carbons (Fsp3) is 0.143. The highest BCUT2D eigenvalue weighted by Crippen LogP contribution is 2.53. The first-order valence-electron chi connectivity index (χ1n) is 5.41. The lowest BCUT2D eigenvalue weighted by atomic mass is 9.97. The average molecular weight is 247 g/mol. The second-order valence-electron chi connectivity index (χ2n) is 4.09. The third-order valence-electron chi connectivity index (χ3n) is 3.01. The summed E-state index contributed by atoms with van der Waals surface area (Å²) in [5.74, 6) is 0. The smallest absolute Gasteiger partial charge is 0.00750 e. The van der Waals surface area contributed by atoms with Crippen LogP contribution in [0.15, 0.2) is 48.5 Å². The Kier molecular flexibility index (Phi) is 2.71. The first kappa shape index (κ1) is 10.3. The third kappa shape index (κ3) is 1.77. The van der Waals surface area contributed by atoms with Crippen molar-refractivity contribution in [2.75, 3.05) is 0 Å². The lowest BCUT2D eigenvalue weighted by molar-refractivity contribution is 1.41. The van der Waals surface area contributed by atoms with Crippen LogP contribution >= 0.6 is 18.5 Å². The molecule has 2 aromatic carbocycles. The van der Waals surface area contributed by atoms with Crippen molar-refractivity contribution in [3.05, 3.63) is 59.7 Å². The van der Waals surface area contributed by atoms with Gasteiger partial charge in [0.1, 0.15) is 0 Å². The van der Waals surface area contributed by atoms with Crippen LogP contribution in [-0.2, 0) is 12.3 Å². The lowest BCUT2D eigenvalue weighted by Gasteiger charge is -2.07. The van der Waals surface area contributed by atoms with Gasteiger partial charge in [0.2, 0.25) is 0 Å². The Morgan fingerprint density at radius 2 is 1.19 bits per heavy atom. The molecular weight excluding hydrogens is 235 g/mol. The molecule has 0 nitrogen and oxygen atoms in total. The number of halogens is 1. The van der Waals surface area contributed by atoms with Crippen molar-refractivity contribution < 1.29 is 0 Å². The van der Waals surface area contributed by atoms with Gasteiger partial charge in [-0.15, -0.1) is 0 Å². The van der Waals surface area contributed by atoms with E-state index in [0.717, 1.165) is 12.3 Å². The van der Waals surface area contributed by atoms with Crippen molar-refractivity contribution in [2.45, 2.75) is 12.3 Å². The van der Waals surface area contributed by atoms with Crippen LogP contribution in [0.5, 0.6) is 0 Å². The van der Waals surface area contributed by atoms with Crippen LogP contribution in [0.3, 0.4) is 0 Å². The van der Waals surface area contributed by atoms with Crippen LogP contribution in [0.2, 0.25) is 0 Å². The Morgan fingerprint density at radius 3 is 1.69 bits per heavy atom. The van der Waals surface area contributed by atoms with Gasteiger partial charge in [-0.25, -0.2) is 0 Å². The number of hydrogen-bond donors (Lipinski definition) is 0. The van der Waals surface area contributed by atoms with Gasteiger partial charge in [-0.2, -0.15) is 0 Å². The van der Waals surface area contributed by atoms with E-state index in [-0.39, 0.29) is 0 Å². The van der Waals surface area contributed by atoms with Gasteiger partial charge in [-0.1, -0.05) is 59.8 Å². The standard InChI is InChI=1S/C14H12ClP/c15-16-9-11-5-1-3-7-13(11)14-8-4-2-6-12(14)10-16/h1-8H,9-10H2. The summed E-state index contributed by atoms with van der Waals surface area (Å²) in [6, 6.07) is 17.2. The Morgan fingerprint density at radius 1 is 0.750 bits per heavy atom. The van der Waals surface area contributed by atoms with Crippen molar-refractivity contribution in [1.29, 1.82) is 0 Å². The summed E-state index contributed by atoms with van der Waals surface area (Å²) in [5, 5.41) is 0. The molecule has 0 N–H and O–H groups in total. The molecule has 0 fully saturated rings. The minimum atomic E-state index is -0.419. The van der Waals surface area contributed by atoms with Crippen molar-refractivity contribution in [3.63, 3.8) is 0 Å². The maximum Gasteiger partial charge on any atom is 0.00750 e. The summed E-state index contributed by atoms with van der Waals surface area (Å²) in [7, 11) is -0.419. The largest absolute Gasteiger partial charge is 0.0957 e. The normalized spacial score (nSPS) is 15.1. The topological polar surface area (TPSA) is 0 Å². The highest BCUT2D eigenvalue weighted by atomic mass is 35.7. The van der Waals surface area contributed by atoms with Gasteiger partial charge in [0, 0.05) is 12.3 Å². The van der Waals surface area contributed by atoms with Gasteiger partial charge in [0.25, 0.3) is 0 Å². The van der Waals surface area contributed by atoms with E-state index in [1.54, 1.807) is 0 Å². The third-order valence-corrected chi connectivity index (χ3v) is 5.09. The fourth-order valence-electron chi connectivity index (χ4n) is 2.27. The molecule has 2 heteroatoms. The molecule has 0 radical (unpaired) electrons. The molecule has 0 atom stereocenters. The van der Waals surface area contributed by atoms with Crippen molar-refractivity contribution in [1.82, 2.24) is 0 Å². The highest BCUT2D eigenvalue weighted by Gasteiger charge is 2.18. The minimum absolute atomic E-state index is 0.419. The molecule has 80 valence electrons. The van der Waals surface area contributed by atoms with Crippen LogP contribution < -0.4 is 0 Å². The molecule has 1 aliphatic heterocycles. The van der Waals surface area contributed by atoms with Gasteiger partial charge < -0.3 is 0 Å². The predicted molar refractivity (Wildman–Crippen MR) is 72.1 cm³/mol. The first-order chi connectivity index (χ1) is 7.84. The zero-order chi connectivity index (χ0) is 11.0. The van der Waals surface area contributed by atoms with Crippen LogP contribution in [-0.4, -0.2) is 0 Å². The molecule has 3 rings (SSSR count). The second kappa shape index (κ2) is 4.20. The fourth-order valence-corrected chi connectivity index (χ4v) is 4.44. The van der Waals surface area contributed by atoms with E-state index in [0.29, 0.717) is 0 Å². The summed E-state index contributed by atoms with van der Waals surface area (Å²) >= 11 is 6.44. The van der Waals surface area contributed by atoms with E-state index >= 15 is 0 Å². The summed E-state index contributed by atoms with van der Waals surface area (Å²) in [6.07, 6.45) is 2.06. The van der Waals surface area contributed by atoms with E-state index < -0.39 is 7.27 Å². The maximum absolute atomic E-state index is 6.44. The molecule has 16 heavy (non-hydrogen) atoms. The zero-order valence-corrected chi connectivity index (χ0v) is 10.5. The number of fused-ring (bicyclic) bond motifs is 3. The van der Waals surface area contributed by atoms with E-state index in [1.165, 1.54) is 22.3 Å². The van der Waals surface area contributed by atoms with Crippen molar-refractivity contribution in [2.24, 2.45) is 0 Å². The summed E-state index contributed by atoms with van der Waals surface area (Å²) in [5.41, 5.74) is 5.52. The molecule has 0 saturated heterocycles. The van der Waals surface area contributed by atoms with Crippen LogP contribution in [0.1, 0.15) is 11.1 Å². The maximum atomic E-state index is 6.44. The Labute approximate surface area is 102 Å². The summed E-state index contributed by atoms with van der Waals surface area (Å²) in [6.45, 7) is 0. The number of rotatable bonds is 0. The molecule has 0 amide bonds. The van der Waals surface area contributed by atoms with Gasteiger partial charge in [-0.05, 0) is 29.5 Å². The Balaban J connectivity index is 2.26. The highest BCUT2D eigenvalue weighted by molar-refractivity contribution is 7.82. The molecule has 0 saturated carbocycles. The SMILES string of the molecule is ClP1Cc2ccccc2-c2ccccc2C1. The molecule has 1 aliphatic rings.